The third-order valence-corrected chi connectivity index (χ3v) is 5.31. The number of hydrogen-bond donors (Lipinski definition) is 9. The summed E-state index contributed by atoms with van der Waals surface area (Å²) in [5, 5.41) is 29.6. The number of aliphatic hydroxyl groups excluding tert-OH is 1. The monoisotopic (exact) mass is 500 g/mol. The van der Waals surface area contributed by atoms with Crippen molar-refractivity contribution in [3.05, 3.63) is 0 Å². The van der Waals surface area contributed by atoms with Crippen LogP contribution in [0.25, 0.3) is 0 Å². The van der Waals surface area contributed by atoms with Gasteiger partial charge in [0.1, 0.15) is 18.1 Å². The standard InChI is InChI=1S/C20H36N8O7/c1-10(29)15(28-16(31)11-4-2-8-24-11)18(33)26-12(5-3-9-25-20(22)23)17(32)27-13(19(34)35)6-7-14(21)30/h10-13,15,24,29H,2-9H2,1H3,(H2,21,30)(H,26,33)(H,27,32)(H,28,31)(H,34,35)(H4,22,23,25). The van der Waals surface area contributed by atoms with E-state index in [0.29, 0.717) is 13.0 Å². The molecule has 1 fully saturated rings. The number of nitrogens with zero attached hydrogens (tertiary/aromatic N) is 1. The number of primary amides is 1. The molecule has 5 unspecified atom stereocenters. The average Bonchev–Trinajstić information content (AvgIpc) is 3.30. The Morgan fingerprint density at radius 1 is 1.03 bits per heavy atom. The van der Waals surface area contributed by atoms with Crippen LogP contribution in [0.5, 0.6) is 0 Å². The van der Waals surface area contributed by atoms with E-state index in [1.807, 2.05) is 0 Å². The first-order valence-electron chi connectivity index (χ1n) is 11.3. The number of aliphatic carboxylic acids is 1. The molecular weight excluding hydrogens is 464 g/mol. The topological polar surface area (TPSA) is 264 Å². The molecule has 0 aromatic carbocycles. The van der Waals surface area contributed by atoms with Gasteiger partial charge in [0, 0.05) is 13.0 Å². The summed E-state index contributed by atoms with van der Waals surface area (Å²) in [5.41, 5.74) is 15.6. The molecule has 1 heterocycles. The van der Waals surface area contributed by atoms with E-state index in [1.165, 1.54) is 6.92 Å². The van der Waals surface area contributed by atoms with Gasteiger partial charge in [-0.05, 0) is 45.6 Å². The lowest BCUT2D eigenvalue weighted by molar-refractivity contribution is -0.142. The Morgan fingerprint density at radius 2 is 1.69 bits per heavy atom. The van der Waals surface area contributed by atoms with Crippen molar-refractivity contribution in [1.29, 1.82) is 0 Å². The molecule has 0 aliphatic carbocycles. The molecule has 35 heavy (non-hydrogen) atoms. The third kappa shape index (κ3) is 11.0. The number of hydrogen-bond acceptors (Lipinski definition) is 8. The van der Waals surface area contributed by atoms with Gasteiger partial charge in [0.15, 0.2) is 5.96 Å². The number of carbonyl (C=O) groups excluding carboxylic acids is 4. The maximum atomic E-state index is 12.9. The first kappa shape index (κ1) is 29.6. The quantitative estimate of drug-likeness (QED) is 0.0597. The molecule has 0 aromatic rings. The summed E-state index contributed by atoms with van der Waals surface area (Å²) in [5.74, 6) is -4.42. The zero-order valence-electron chi connectivity index (χ0n) is 19.7. The molecule has 1 aliphatic heterocycles. The summed E-state index contributed by atoms with van der Waals surface area (Å²) in [6.45, 7) is 2.10. The highest BCUT2D eigenvalue weighted by Crippen LogP contribution is 2.07. The van der Waals surface area contributed by atoms with Gasteiger partial charge >= 0.3 is 5.97 Å². The molecule has 1 rings (SSSR count). The minimum Gasteiger partial charge on any atom is -0.480 e. The second-order valence-electron chi connectivity index (χ2n) is 8.29. The van der Waals surface area contributed by atoms with Crippen molar-refractivity contribution in [2.75, 3.05) is 13.1 Å². The van der Waals surface area contributed by atoms with Crippen LogP contribution in [0.15, 0.2) is 4.99 Å². The SMILES string of the molecule is CC(O)C(NC(=O)C1CCCN1)C(=O)NC(CCCN=C(N)N)C(=O)NC(CCC(N)=O)C(=O)O. The molecular formula is C20H36N8O7. The molecule has 4 amide bonds. The van der Waals surface area contributed by atoms with Crippen molar-refractivity contribution in [2.45, 2.75) is 75.7 Å². The first-order chi connectivity index (χ1) is 16.4. The van der Waals surface area contributed by atoms with Crippen molar-refractivity contribution < 1.29 is 34.2 Å². The number of rotatable bonds is 15. The zero-order valence-corrected chi connectivity index (χ0v) is 19.7. The minimum atomic E-state index is -1.42. The summed E-state index contributed by atoms with van der Waals surface area (Å²) in [4.78, 5) is 64.4. The van der Waals surface area contributed by atoms with Crippen molar-refractivity contribution in [3.63, 3.8) is 0 Å². The van der Waals surface area contributed by atoms with Crippen molar-refractivity contribution in [2.24, 2.45) is 22.2 Å². The van der Waals surface area contributed by atoms with Gasteiger partial charge in [-0.15, -0.1) is 0 Å². The van der Waals surface area contributed by atoms with Crippen LogP contribution in [0.4, 0.5) is 0 Å². The summed E-state index contributed by atoms with van der Waals surface area (Å²) in [6, 6.07) is -4.52. The van der Waals surface area contributed by atoms with E-state index < -0.39 is 59.9 Å². The van der Waals surface area contributed by atoms with Crippen LogP contribution in [0.1, 0.15) is 45.4 Å². The summed E-state index contributed by atoms with van der Waals surface area (Å²) in [6.07, 6.45) is -0.169. The van der Waals surface area contributed by atoms with Crippen LogP contribution in [0.3, 0.4) is 0 Å². The Labute approximate surface area is 202 Å². The number of guanidine groups is 1. The Hall–Kier alpha value is -3.46. The van der Waals surface area contributed by atoms with E-state index in [4.69, 9.17) is 17.2 Å². The Bertz CT molecular complexity index is 794. The molecule has 0 aromatic heterocycles. The Kier molecular flexibility index (Phi) is 12.4. The normalized spacial score (nSPS) is 18.4. The molecule has 12 N–H and O–H groups in total. The summed E-state index contributed by atoms with van der Waals surface area (Å²) >= 11 is 0. The number of carboxylic acids is 1. The van der Waals surface area contributed by atoms with E-state index in [2.05, 4.69) is 26.3 Å². The predicted octanol–water partition coefficient (Wildman–Crippen LogP) is -4.02. The van der Waals surface area contributed by atoms with E-state index in [0.717, 1.165) is 6.42 Å². The number of carbonyl (C=O) groups is 5. The van der Waals surface area contributed by atoms with Crippen LogP contribution in [-0.2, 0) is 24.0 Å². The highest BCUT2D eigenvalue weighted by molar-refractivity contribution is 5.94. The molecule has 0 saturated carbocycles. The molecule has 198 valence electrons. The molecule has 15 heteroatoms. The predicted molar refractivity (Wildman–Crippen MR) is 124 cm³/mol. The van der Waals surface area contributed by atoms with Crippen LogP contribution in [0.2, 0.25) is 0 Å². The Morgan fingerprint density at radius 3 is 2.20 bits per heavy atom. The maximum absolute atomic E-state index is 12.9. The molecule has 1 aliphatic rings. The zero-order chi connectivity index (χ0) is 26.5. The molecule has 0 spiro atoms. The van der Waals surface area contributed by atoms with Crippen molar-refractivity contribution in [3.8, 4) is 0 Å². The highest BCUT2D eigenvalue weighted by Gasteiger charge is 2.33. The summed E-state index contributed by atoms with van der Waals surface area (Å²) < 4.78 is 0. The molecule has 0 bridgehead atoms. The average molecular weight is 501 g/mol. The smallest absolute Gasteiger partial charge is 0.326 e. The van der Waals surface area contributed by atoms with E-state index >= 15 is 0 Å². The van der Waals surface area contributed by atoms with Gasteiger partial charge in [0.25, 0.3) is 0 Å². The number of aliphatic hydroxyl groups is 1. The fourth-order valence-corrected chi connectivity index (χ4v) is 3.42. The van der Waals surface area contributed by atoms with E-state index in [1.54, 1.807) is 0 Å². The van der Waals surface area contributed by atoms with Crippen LogP contribution < -0.4 is 38.5 Å². The van der Waals surface area contributed by atoms with Crippen molar-refractivity contribution >= 4 is 35.6 Å². The first-order valence-corrected chi connectivity index (χ1v) is 11.3. The molecule has 5 atom stereocenters. The number of nitrogens with two attached hydrogens (primary N) is 3. The second-order valence-corrected chi connectivity index (χ2v) is 8.29. The number of aliphatic imine (C=N–C) groups is 1. The van der Waals surface area contributed by atoms with Gasteiger partial charge < -0.3 is 48.7 Å². The van der Waals surface area contributed by atoms with Gasteiger partial charge in [0.2, 0.25) is 23.6 Å². The lowest BCUT2D eigenvalue weighted by Gasteiger charge is -2.26. The van der Waals surface area contributed by atoms with Crippen LogP contribution in [0, 0.1) is 0 Å². The molecule has 15 nitrogen and oxygen atoms in total. The van der Waals surface area contributed by atoms with Crippen molar-refractivity contribution in [1.82, 2.24) is 21.3 Å². The van der Waals surface area contributed by atoms with Gasteiger partial charge in [-0.25, -0.2) is 4.79 Å². The van der Waals surface area contributed by atoms with E-state index in [-0.39, 0.29) is 38.2 Å². The lowest BCUT2D eigenvalue weighted by atomic mass is 10.1. The lowest BCUT2D eigenvalue weighted by Crippen LogP contribution is -2.59. The van der Waals surface area contributed by atoms with Crippen LogP contribution in [-0.4, -0.2) is 89.1 Å². The van der Waals surface area contributed by atoms with Gasteiger partial charge in [-0.2, -0.15) is 0 Å². The number of nitrogens with one attached hydrogen (secondary N) is 4. The molecule has 0 radical (unpaired) electrons. The maximum Gasteiger partial charge on any atom is 0.326 e. The largest absolute Gasteiger partial charge is 0.480 e. The Balaban J connectivity index is 2.94. The fourth-order valence-electron chi connectivity index (χ4n) is 3.42. The number of amides is 4. The highest BCUT2D eigenvalue weighted by atomic mass is 16.4. The summed E-state index contributed by atoms with van der Waals surface area (Å²) in [7, 11) is 0. The van der Waals surface area contributed by atoms with Gasteiger partial charge in [-0.3, -0.25) is 24.2 Å². The minimum absolute atomic E-state index is 0.0150. The third-order valence-electron chi connectivity index (χ3n) is 5.31. The van der Waals surface area contributed by atoms with Crippen LogP contribution >= 0.6 is 0 Å². The van der Waals surface area contributed by atoms with E-state index in [9.17, 15) is 34.2 Å². The van der Waals surface area contributed by atoms with Gasteiger partial charge in [0.05, 0.1) is 12.1 Å². The number of carboxylic acid groups (broad SMARTS) is 1. The van der Waals surface area contributed by atoms with Gasteiger partial charge in [-0.1, -0.05) is 0 Å². The molecule has 1 saturated heterocycles. The fraction of sp³-hybridized carbons (Fsp3) is 0.700. The second kappa shape index (κ2) is 14.7.